The zero-order chi connectivity index (χ0) is 15.2. The summed E-state index contributed by atoms with van der Waals surface area (Å²) in [6.07, 6.45) is 2.28. The number of hydrogen-bond donors (Lipinski definition) is 0. The molecule has 1 aromatic rings. The summed E-state index contributed by atoms with van der Waals surface area (Å²) in [4.78, 5) is 0. The first-order valence-corrected chi connectivity index (χ1v) is 8.24. The SMILES string of the molecule is CCCCOCCOCCOCCOc1cccc(Br)c1. The normalized spacial score (nSPS) is 10.8. The van der Waals surface area contributed by atoms with Crippen LogP contribution >= 0.6 is 15.9 Å². The molecule has 0 bridgehead atoms. The van der Waals surface area contributed by atoms with Gasteiger partial charge in [-0.15, -0.1) is 0 Å². The number of hydrogen-bond acceptors (Lipinski definition) is 4. The van der Waals surface area contributed by atoms with Gasteiger partial charge in [-0.05, 0) is 24.6 Å². The van der Waals surface area contributed by atoms with Gasteiger partial charge in [-0.1, -0.05) is 35.3 Å². The van der Waals surface area contributed by atoms with Gasteiger partial charge in [-0.3, -0.25) is 0 Å². The zero-order valence-corrected chi connectivity index (χ0v) is 14.3. The van der Waals surface area contributed by atoms with Gasteiger partial charge < -0.3 is 18.9 Å². The van der Waals surface area contributed by atoms with Crippen molar-refractivity contribution in [3.8, 4) is 5.75 Å². The molecule has 0 saturated heterocycles. The van der Waals surface area contributed by atoms with E-state index in [2.05, 4.69) is 22.9 Å². The van der Waals surface area contributed by atoms with Crippen molar-refractivity contribution in [3.63, 3.8) is 0 Å². The van der Waals surface area contributed by atoms with E-state index in [0.717, 1.165) is 29.7 Å². The third-order valence-electron chi connectivity index (χ3n) is 2.68. The van der Waals surface area contributed by atoms with Crippen LogP contribution in [0.2, 0.25) is 0 Å². The van der Waals surface area contributed by atoms with E-state index in [0.29, 0.717) is 39.6 Å². The van der Waals surface area contributed by atoms with Crippen LogP contribution in [0, 0.1) is 0 Å². The molecular formula is C16H25BrO4. The van der Waals surface area contributed by atoms with E-state index >= 15 is 0 Å². The molecule has 21 heavy (non-hydrogen) atoms. The first-order chi connectivity index (χ1) is 10.3. The number of ether oxygens (including phenoxy) is 4. The third kappa shape index (κ3) is 10.7. The fraction of sp³-hybridized carbons (Fsp3) is 0.625. The highest BCUT2D eigenvalue weighted by Crippen LogP contribution is 2.17. The lowest BCUT2D eigenvalue weighted by molar-refractivity contribution is 0.00895. The van der Waals surface area contributed by atoms with E-state index in [1.54, 1.807) is 0 Å². The molecule has 120 valence electrons. The second-order valence-corrected chi connectivity index (χ2v) is 5.41. The highest BCUT2D eigenvalue weighted by atomic mass is 79.9. The Morgan fingerprint density at radius 3 is 2.10 bits per heavy atom. The Hall–Kier alpha value is -0.620. The van der Waals surface area contributed by atoms with Gasteiger partial charge >= 0.3 is 0 Å². The quantitative estimate of drug-likeness (QED) is 0.503. The monoisotopic (exact) mass is 360 g/mol. The Balaban J connectivity index is 1.82. The summed E-state index contributed by atoms with van der Waals surface area (Å²) in [6, 6.07) is 7.76. The molecule has 0 atom stereocenters. The maximum absolute atomic E-state index is 5.55. The van der Waals surface area contributed by atoms with Crippen LogP contribution < -0.4 is 4.74 Å². The molecule has 0 aromatic heterocycles. The molecule has 0 radical (unpaired) electrons. The maximum atomic E-state index is 5.55. The van der Waals surface area contributed by atoms with E-state index in [-0.39, 0.29) is 0 Å². The molecule has 0 N–H and O–H groups in total. The van der Waals surface area contributed by atoms with Crippen LogP contribution in [-0.2, 0) is 14.2 Å². The molecule has 1 aromatic carbocycles. The minimum Gasteiger partial charge on any atom is -0.491 e. The summed E-state index contributed by atoms with van der Waals surface area (Å²) in [7, 11) is 0. The number of benzene rings is 1. The summed E-state index contributed by atoms with van der Waals surface area (Å²) >= 11 is 3.40. The average molecular weight is 361 g/mol. The fourth-order valence-electron chi connectivity index (χ4n) is 1.56. The summed E-state index contributed by atoms with van der Waals surface area (Å²) < 4.78 is 22.8. The van der Waals surface area contributed by atoms with Gasteiger partial charge in [0.25, 0.3) is 0 Å². The van der Waals surface area contributed by atoms with Crippen LogP contribution in [0.15, 0.2) is 28.7 Å². The molecular weight excluding hydrogens is 336 g/mol. The highest BCUT2D eigenvalue weighted by molar-refractivity contribution is 9.10. The number of rotatable bonds is 13. The second-order valence-electron chi connectivity index (χ2n) is 4.50. The Kier molecular flexibility index (Phi) is 11.5. The second kappa shape index (κ2) is 13.1. The van der Waals surface area contributed by atoms with Crippen molar-refractivity contribution in [2.75, 3.05) is 46.2 Å². The van der Waals surface area contributed by atoms with Crippen LogP contribution in [-0.4, -0.2) is 46.2 Å². The number of unbranched alkanes of at least 4 members (excludes halogenated alkanes) is 1. The predicted molar refractivity (Wildman–Crippen MR) is 87.0 cm³/mol. The summed E-state index contributed by atoms with van der Waals surface area (Å²) in [5.74, 6) is 0.841. The van der Waals surface area contributed by atoms with E-state index in [9.17, 15) is 0 Å². The molecule has 0 amide bonds. The van der Waals surface area contributed by atoms with Crippen LogP contribution in [0.25, 0.3) is 0 Å². The minimum absolute atomic E-state index is 0.538. The third-order valence-corrected chi connectivity index (χ3v) is 3.17. The van der Waals surface area contributed by atoms with Crippen molar-refractivity contribution in [3.05, 3.63) is 28.7 Å². The van der Waals surface area contributed by atoms with Gasteiger partial charge in [-0.2, -0.15) is 0 Å². The zero-order valence-electron chi connectivity index (χ0n) is 12.7. The topological polar surface area (TPSA) is 36.9 Å². The van der Waals surface area contributed by atoms with E-state index in [1.165, 1.54) is 0 Å². The number of halogens is 1. The van der Waals surface area contributed by atoms with Gasteiger partial charge in [0.2, 0.25) is 0 Å². The fourth-order valence-corrected chi connectivity index (χ4v) is 1.94. The molecule has 0 unspecified atom stereocenters. The maximum Gasteiger partial charge on any atom is 0.120 e. The van der Waals surface area contributed by atoms with Gasteiger partial charge in [0.05, 0.1) is 33.0 Å². The van der Waals surface area contributed by atoms with Gasteiger partial charge in [0.15, 0.2) is 0 Å². The lowest BCUT2D eigenvalue weighted by Crippen LogP contribution is -2.12. The predicted octanol–water partition coefficient (Wildman–Crippen LogP) is 3.68. The van der Waals surface area contributed by atoms with E-state index in [1.807, 2.05) is 24.3 Å². The Labute approximate surface area is 135 Å². The minimum atomic E-state index is 0.538. The van der Waals surface area contributed by atoms with E-state index < -0.39 is 0 Å². The summed E-state index contributed by atoms with van der Waals surface area (Å²) in [5.41, 5.74) is 0. The molecule has 0 spiro atoms. The standard InChI is InChI=1S/C16H25BrO4/c1-2-3-7-18-8-9-19-10-11-20-12-13-21-16-6-4-5-15(17)14-16/h4-6,14H,2-3,7-13H2,1H3. The van der Waals surface area contributed by atoms with Crippen molar-refractivity contribution in [2.45, 2.75) is 19.8 Å². The Morgan fingerprint density at radius 2 is 1.48 bits per heavy atom. The molecule has 0 heterocycles. The molecule has 0 aliphatic heterocycles. The molecule has 0 aliphatic carbocycles. The Bertz CT molecular complexity index is 360. The first-order valence-electron chi connectivity index (χ1n) is 7.44. The first kappa shape index (κ1) is 18.4. The Morgan fingerprint density at radius 1 is 0.857 bits per heavy atom. The smallest absolute Gasteiger partial charge is 0.120 e. The molecule has 0 saturated carbocycles. The van der Waals surface area contributed by atoms with Gasteiger partial charge in [0.1, 0.15) is 12.4 Å². The van der Waals surface area contributed by atoms with E-state index in [4.69, 9.17) is 18.9 Å². The van der Waals surface area contributed by atoms with Crippen LogP contribution in [0.1, 0.15) is 19.8 Å². The lowest BCUT2D eigenvalue weighted by Gasteiger charge is -2.08. The summed E-state index contributed by atoms with van der Waals surface area (Å²) in [5, 5.41) is 0. The van der Waals surface area contributed by atoms with Crippen molar-refractivity contribution < 1.29 is 18.9 Å². The largest absolute Gasteiger partial charge is 0.491 e. The molecule has 0 fully saturated rings. The van der Waals surface area contributed by atoms with Gasteiger partial charge in [-0.25, -0.2) is 0 Å². The summed E-state index contributed by atoms with van der Waals surface area (Å²) in [6.45, 7) is 6.53. The highest BCUT2D eigenvalue weighted by Gasteiger charge is 1.95. The van der Waals surface area contributed by atoms with Gasteiger partial charge in [0, 0.05) is 11.1 Å². The van der Waals surface area contributed by atoms with Crippen molar-refractivity contribution in [1.29, 1.82) is 0 Å². The van der Waals surface area contributed by atoms with Crippen molar-refractivity contribution in [1.82, 2.24) is 0 Å². The average Bonchev–Trinajstić information content (AvgIpc) is 2.48. The van der Waals surface area contributed by atoms with Crippen molar-refractivity contribution >= 4 is 15.9 Å². The molecule has 1 rings (SSSR count). The molecule has 4 nitrogen and oxygen atoms in total. The van der Waals surface area contributed by atoms with Crippen LogP contribution in [0.3, 0.4) is 0 Å². The van der Waals surface area contributed by atoms with Crippen LogP contribution in [0.5, 0.6) is 5.75 Å². The van der Waals surface area contributed by atoms with Crippen molar-refractivity contribution in [2.24, 2.45) is 0 Å². The lowest BCUT2D eigenvalue weighted by atomic mass is 10.3. The van der Waals surface area contributed by atoms with Crippen LogP contribution in [0.4, 0.5) is 0 Å². The molecule has 5 heteroatoms. The molecule has 0 aliphatic rings.